The quantitative estimate of drug-likeness (QED) is 0.336. The summed E-state index contributed by atoms with van der Waals surface area (Å²) in [6.07, 6.45) is 0.450. The van der Waals surface area contributed by atoms with E-state index in [9.17, 15) is 14.4 Å². The normalized spacial score (nSPS) is 11.4. The van der Waals surface area contributed by atoms with Gasteiger partial charge in [-0.1, -0.05) is 50.2 Å². The number of carbonyl (C=O) groups excluding carboxylic acids is 3. The van der Waals surface area contributed by atoms with Crippen molar-refractivity contribution in [2.24, 2.45) is 5.92 Å². The number of benzene rings is 3. The topological polar surface area (TPSA) is 106 Å². The Hall–Kier alpha value is -4.33. The maximum absolute atomic E-state index is 13.3. The van der Waals surface area contributed by atoms with E-state index in [0.717, 1.165) is 22.6 Å². The highest BCUT2D eigenvalue weighted by Crippen LogP contribution is 2.15. The van der Waals surface area contributed by atoms with Gasteiger partial charge in [-0.05, 0) is 59.9 Å². The summed E-state index contributed by atoms with van der Waals surface area (Å²) in [4.78, 5) is 39.2. The lowest BCUT2D eigenvalue weighted by Crippen LogP contribution is -2.47. The average molecular weight is 518 g/mol. The van der Waals surface area contributed by atoms with E-state index < -0.39 is 11.9 Å². The number of carbonyl (C=O) groups is 3. The maximum atomic E-state index is 13.3. The van der Waals surface area contributed by atoms with Crippen LogP contribution < -0.4 is 25.4 Å². The first-order valence-corrected chi connectivity index (χ1v) is 12.5. The average Bonchev–Trinajstić information content (AvgIpc) is 2.94. The number of hydrogen-bond donors (Lipinski definition) is 3. The molecule has 0 aliphatic rings. The van der Waals surface area contributed by atoms with Crippen LogP contribution in [0.2, 0.25) is 0 Å². The third kappa shape index (κ3) is 8.09. The van der Waals surface area contributed by atoms with E-state index in [1.54, 1.807) is 38.5 Å². The second-order valence-electron chi connectivity index (χ2n) is 9.30. The molecule has 3 aromatic rings. The molecule has 0 aliphatic heterocycles. The first-order valence-electron chi connectivity index (χ1n) is 12.5. The monoisotopic (exact) mass is 517 g/mol. The third-order valence-corrected chi connectivity index (χ3v) is 5.98. The minimum absolute atomic E-state index is 0.162. The maximum Gasteiger partial charge on any atom is 0.252 e. The lowest BCUT2D eigenvalue weighted by Gasteiger charge is -2.21. The summed E-state index contributed by atoms with van der Waals surface area (Å²) in [5.74, 6) is 0.476. The molecule has 3 N–H and O–H groups in total. The Kier molecular flexibility index (Phi) is 10.3. The molecular formula is C30H35N3O5. The third-order valence-electron chi connectivity index (χ3n) is 5.98. The van der Waals surface area contributed by atoms with Gasteiger partial charge in [0.25, 0.3) is 11.8 Å². The SMILES string of the molecule is COc1ccc(CNC(=O)c2ccccc2C(=O)N[C@@H](CC(C)C)C(=O)NCc2ccc(OC)cc2)cc1. The predicted octanol–water partition coefficient (Wildman–Crippen LogP) is 4.09. The first-order chi connectivity index (χ1) is 18.3. The van der Waals surface area contributed by atoms with Crippen molar-refractivity contribution in [1.82, 2.24) is 16.0 Å². The van der Waals surface area contributed by atoms with Crippen molar-refractivity contribution in [3.8, 4) is 11.5 Å². The Labute approximate surface area is 223 Å². The van der Waals surface area contributed by atoms with Gasteiger partial charge in [0.1, 0.15) is 17.5 Å². The van der Waals surface area contributed by atoms with Crippen molar-refractivity contribution >= 4 is 17.7 Å². The molecule has 200 valence electrons. The van der Waals surface area contributed by atoms with Crippen LogP contribution in [0.3, 0.4) is 0 Å². The molecule has 0 saturated heterocycles. The number of rotatable bonds is 12. The number of hydrogen-bond acceptors (Lipinski definition) is 5. The van der Waals surface area contributed by atoms with Crippen LogP contribution in [-0.4, -0.2) is 38.0 Å². The zero-order valence-corrected chi connectivity index (χ0v) is 22.2. The first kappa shape index (κ1) is 28.2. The molecule has 0 bridgehead atoms. The second kappa shape index (κ2) is 13.8. The summed E-state index contributed by atoms with van der Waals surface area (Å²) in [5, 5.41) is 8.59. The number of methoxy groups -OCH3 is 2. The van der Waals surface area contributed by atoms with Crippen LogP contribution in [0.4, 0.5) is 0 Å². The second-order valence-corrected chi connectivity index (χ2v) is 9.30. The molecule has 3 aromatic carbocycles. The molecule has 0 aliphatic carbocycles. The summed E-state index contributed by atoms with van der Waals surface area (Å²) >= 11 is 0. The van der Waals surface area contributed by atoms with Gasteiger partial charge in [-0.2, -0.15) is 0 Å². The molecule has 0 aromatic heterocycles. The molecule has 0 radical (unpaired) electrons. The highest BCUT2D eigenvalue weighted by atomic mass is 16.5. The smallest absolute Gasteiger partial charge is 0.252 e. The van der Waals surface area contributed by atoms with Crippen LogP contribution in [0, 0.1) is 5.92 Å². The minimum atomic E-state index is -0.754. The van der Waals surface area contributed by atoms with E-state index >= 15 is 0 Å². The molecule has 0 unspecified atom stereocenters. The van der Waals surface area contributed by atoms with Crippen molar-refractivity contribution in [2.45, 2.75) is 39.4 Å². The van der Waals surface area contributed by atoms with E-state index in [4.69, 9.17) is 9.47 Å². The number of ether oxygens (including phenoxy) is 2. The van der Waals surface area contributed by atoms with Crippen molar-refractivity contribution < 1.29 is 23.9 Å². The predicted molar refractivity (Wildman–Crippen MR) is 146 cm³/mol. The van der Waals surface area contributed by atoms with Gasteiger partial charge < -0.3 is 25.4 Å². The van der Waals surface area contributed by atoms with E-state index in [-0.39, 0.29) is 28.9 Å². The zero-order chi connectivity index (χ0) is 27.5. The van der Waals surface area contributed by atoms with E-state index in [1.807, 2.05) is 62.4 Å². The standard InChI is InChI=1S/C30H35N3O5/c1-20(2)17-27(30(36)32-19-22-11-15-24(38-4)16-12-22)33-29(35)26-8-6-5-7-25(26)28(34)31-18-21-9-13-23(37-3)14-10-21/h5-16,20,27H,17-19H2,1-4H3,(H,31,34)(H,32,36)(H,33,35)/t27-/m0/s1. The van der Waals surface area contributed by atoms with Crippen molar-refractivity contribution in [1.29, 1.82) is 0 Å². The summed E-state index contributed by atoms with van der Waals surface area (Å²) in [7, 11) is 3.19. The van der Waals surface area contributed by atoms with Crippen LogP contribution in [0.15, 0.2) is 72.8 Å². The molecule has 3 rings (SSSR count). The molecular weight excluding hydrogens is 482 g/mol. The van der Waals surface area contributed by atoms with Gasteiger partial charge in [-0.15, -0.1) is 0 Å². The van der Waals surface area contributed by atoms with Gasteiger partial charge in [0.05, 0.1) is 25.3 Å². The molecule has 3 amide bonds. The van der Waals surface area contributed by atoms with Crippen molar-refractivity contribution in [3.05, 3.63) is 95.1 Å². The lowest BCUT2D eigenvalue weighted by atomic mass is 10.0. The van der Waals surface area contributed by atoms with E-state index in [0.29, 0.717) is 19.5 Å². The summed E-state index contributed by atoms with van der Waals surface area (Å²) < 4.78 is 10.3. The molecule has 0 heterocycles. The van der Waals surface area contributed by atoms with Crippen molar-refractivity contribution in [3.63, 3.8) is 0 Å². The van der Waals surface area contributed by atoms with Gasteiger partial charge >= 0.3 is 0 Å². The van der Waals surface area contributed by atoms with E-state index in [2.05, 4.69) is 16.0 Å². The van der Waals surface area contributed by atoms with Gasteiger partial charge in [0.15, 0.2) is 0 Å². The Balaban J connectivity index is 1.66. The lowest BCUT2D eigenvalue weighted by molar-refractivity contribution is -0.123. The largest absolute Gasteiger partial charge is 0.497 e. The molecule has 8 nitrogen and oxygen atoms in total. The molecule has 0 fully saturated rings. The highest BCUT2D eigenvalue weighted by Gasteiger charge is 2.24. The van der Waals surface area contributed by atoms with Gasteiger partial charge in [-0.3, -0.25) is 14.4 Å². The molecule has 38 heavy (non-hydrogen) atoms. The Morgan fingerprint density at radius 3 is 1.63 bits per heavy atom. The van der Waals surface area contributed by atoms with Gasteiger partial charge in [0, 0.05) is 13.1 Å². The summed E-state index contributed by atoms with van der Waals surface area (Å²) in [6.45, 7) is 4.58. The van der Waals surface area contributed by atoms with Gasteiger partial charge in [-0.25, -0.2) is 0 Å². The summed E-state index contributed by atoms with van der Waals surface area (Å²) in [6, 6.07) is 20.6. The molecule has 0 saturated carbocycles. The summed E-state index contributed by atoms with van der Waals surface area (Å²) in [5.41, 5.74) is 2.25. The molecule has 0 spiro atoms. The Bertz CT molecular complexity index is 1220. The van der Waals surface area contributed by atoms with Crippen LogP contribution in [0.5, 0.6) is 11.5 Å². The molecule has 1 atom stereocenters. The minimum Gasteiger partial charge on any atom is -0.497 e. The fourth-order valence-electron chi connectivity index (χ4n) is 3.89. The van der Waals surface area contributed by atoms with Crippen LogP contribution in [-0.2, 0) is 17.9 Å². The van der Waals surface area contributed by atoms with Gasteiger partial charge in [0.2, 0.25) is 5.91 Å². The number of nitrogens with one attached hydrogen (secondary N) is 3. The molecule has 8 heteroatoms. The fraction of sp³-hybridized carbons (Fsp3) is 0.300. The Morgan fingerprint density at radius 2 is 1.16 bits per heavy atom. The van der Waals surface area contributed by atoms with Crippen LogP contribution in [0.25, 0.3) is 0 Å². The highest BCUT2D eigenvalue weighted by molar-refractivity contribution is 6.08. The van der Waals surface area contributed by atoms with Crippen LogP contribution in [0.1, 0.15) is 52.1 Å². The zero-order valence-electron chi connectivity index (χ0n) is 22.2. The van der Waals surface area contributed by atoms with Crippen molar-refractivity contribution in [2.75, 3.05) is 14.2 Å². The fourth-order valence-corrected chi connectivity index (χ4v) is 3.89. The van der Waals surface area contributed by atoms with Crippen LogP contribution >= 0.6 is 0 Å². The Morgan fingerprint density at radius 1 is 0.684 bits per heavy atom. The van der Waals surface area contributed by atoms with E-state index in [1.165, 1.54) is 0 Å². The number of amides is 3.